The third kappa shape index (κ3) is 2.78. The molecule has 0 atom stereocenters. The zero-order chi connectivity index (χ0) is 12.3. The lowest BCUT2D eigenvalue weighted by Crippen LogP contribution is -2.06. The van der Waals surface area contributed by atoms with E-state index in [0.717, 1.165) is 23.7 Å². The van der Waals surface area contributed by atoms with Gasteiger partial charge in [-0.25, -0.2) is 0 Å². The Morgan fingerprint density at radius 1 is 1.35 bits per heavy atom. The van der Waals surface area contributed by atoms with Crippen molar-refractivity contribution in [3.63, 3.8) is 0 Å². The van der Waals surface area contributed by atoms with E-state index in [4.69, 9.17) is 10.5 Å². The van der Waals surface area contributed by atoms with Gasteiger partial charge in [-0.2, -0.15) is 5.10 Å². The van der Waals surface area contributed by atoms with Crippen LogP contribution in [-0.4, -0.2) is 9.78 Å². The molecule has 2 N–H and O–H groups in total. The molecule has 0 aliphatic heterocycles. The summed E-state index contributed by atoms with van der Waals surface area (Å²) in [5, 5.41) is 4.37. The second-order valence-electron chi connectivity index (χ2n) is 3.95. The van der Waals surface area contributed by atoms with E-state index in [0.29, 0.717) is 12.3 Å². The van der Waals surface area contributed by atoms with Gasteiger partial charge < -0.3 is 10.5 Å². The summed E-state index contributed by atoms with van der Waals surface area (Å²) in [7, 11) is 0. The number of nitrogen functional groups attached to an aromatic ring is 1. The minimum Gasteiger partial charge on any atom is -0.487 e. The Morgan fingerprint density at radius 3 is 2.88 bits per heavy atom. The van der Waals surface area contributed by atoms with Gasteiger partial charge in [0, 0.05) is 18.3 Å². The molecule has 0 unspecified atom stereocenters. The molecule has 2 aromatic rings. The number of nitrogens with zero attached hydrogens (tertiary/aromatic N) is 2. The van der Waals surface area contributed by atoms with Gasteiger partial charge in [-0.05, 0) is 32.0 Å². The van der Waals surface area contributed by atoms with Gasteiger partial charge in [-0.15, -0.1) is 0 Å². The van der Waals surface area contributed by atoms with Gasteiger partial charge in [0.05, 0.1) is 11.4 Å². The van der Waals surface area contributed by atoms with Crippen molar-refractivity contribution in [2.45, 2.75) is 27.0 Å². The quantitative estimate of drug-likeness (QED) is 0.822. The van der Waals surface area contributed by atoms with E-state index in [2.05, 4.69) is 12.0 Å². The van der Waals surface area contributed by atoms with Gasteiger partial charge in [0.1, 0.15) is 12.4 Å². The molecular formula is C13H17N3O. The van der Waals surface area contributed by atoms with E-state index >= 15 is 0 Å². The zero-order valence-corrected chi connectivity index (χ0v) is 10.2. The minimum absolute atomic E-state index is 0.512. The van der Waals surface area contributed by atoms with Crippen LogP contribution in [0.15, 0.2) is 30.3 Å². The third-order valence-corrected chi connectivity index (χ3v) is 2.53. The fourth-order valence-electron chi connectivity index (χ4n) is 1.75. The van der Waals surface area contributed by atoms with E-state index < -0.39 is 0 Å². The van der Waals surface area contributed by atoms with Crippen molar-refractivity contribution in [3.8, 4) is 5.75 Å². The molecule has 1 heterocycles. The predicted molar refractivity (Wildman–Crippen MR) is 67.8 cm³/mol. The number of benzene rings is 1. The summed E-state index contributed by atoms with van der Waals surface area (Å²) in [4.78, 5) is 0. The van der Waals surface area contributed by atoms with Gasteiger partial charge in [0.15, 0.2) is 0 Å². The Bertz CT molecular complexity index is 505. The Labute approximate surface area is 101 Å². The average molecular weight is 231 g/mol. The van der Waals surface area contributed by atoms with Crippen molar-refractivity contribution < 1.29 is 4.74 Å². The predicted octanol–water partition coefficient (Wildman–Crippen LogP) is 2.37. The SMILES string of the molecule is CCn1nc(C)cc1COc1cccc(N)c1. The van der Waals surface area contributed by atoms with Crippen LogP contribution in [0.4, 0.5) is 5.69 Å². The molecule has 0 radical (unpaired) electrons. The number of anilines is 1. The van der Waals surface area contributed by atoms with Crippen molar-refractivity contribution in [2.24, 2.45) is 0 Å². The number of aryl methyl sites for hydroxylation is 2. The van der Waals surface area contributed by atoms with Crippen LogP contribution in [-0.2, 0) is 13.2 Å². The van der Waals surface area contributed by atoms with Crippen LogP contribution in [0.2, 0.25) is 0 Å². The third-order valence-electron chi connectivity index (χ3n) is 2.53. The number of ether oxygens (including phenoxy) is 1. The van der Waals surface area contributed by atoms with Crippen molar-refractivity contribution in [3.05, 3.63) is 41.7 Å². The van der Waals surface area contributed by atoms with Crippen molar-refractivity contribution in [2.75, 3.05) is 5.73 Å². The highest BCUT2D eigenvalue weighted by Crippen LogP contribution is 2.16. The van der Waals surface area contributed by atoms with Crippen LogP contribution in [0, 0.1) is 6.92 Å². The number of aromatic nitrogens is 2. The lowest BCUT2D eigenvalue weighted by atomic mass is 10.3. The van der Waals surface area contributed by atoms with Crippen LogP contribution in [0.5, 0.6) is 5.75 Å². The fraction of sp³-hybridized carbons (Fsp3) is 0.308. The molecule has 0 fully saturated rings. The van der Waals surface area contributed by atoms with E-state index in [1.807, 2.05) is 41.9 Å². The Balaban J connectivity index is 2.06. The molecular weight excluding hydrogens is 214 g/mol. The molecule has 0 saturated heterocycles. The van der Waals surface area contributed by atoms with Crippen LogP contribution in [0.3, 0.4) is 0 Å². The molecule has 0 aliphatic carbocycles. The zero-order valence-electron chi connectivity index (χ0n) is 10.2. The maximum absolute atomic E-state index is 5.69. The first-order chi connectivity index (χ1) is 8.19. The first-order valence-electron chi connectivity index (χ1n) is 5.70. The second-order valence-corrected chi connectivity index (χ2v) is 3.95. The molecule has 0 amide bonds. The summed E-state index contributed by atoms with van der Waals surface area (Å²) in [6, 6.07) is 9.48. The first-order valence-corrected chi connectivity index (χ1v) is 5.70. The number of hydrogen-bond donors (Lipinski definition) is 1. The summed E-state index contributed by atoms with van der Waals surface area (Å²) in [6.07, 6.45) is 0. The number of hydrogen-bond acceptors (Lipinski definition) is 3. The Kier molecular flexibility index (Phi) is 3.32. The number of nitrogens with two attached hydrogens (primary N) is 1. The molecule has 17 heavy (non-hydrogen) atoms. The smallest absolute Gasteiger partial charge is 0.130 e. The fourth-order valence-corrected chi connectivity index (χ4v) is 1.75. The molecule has 2 rings (SSSR count). The summed E-state index contributed by atoms with van der Waals surface area (Å²) >= 11 is 0. The number of rotatable bonds is 4. The highest BCUT2D eigenvalue weighted by Gasteiger charge is 2.04. The highest BCUT2D eigenvalue weighted by molar-refractivity contribution is 5.43. The maximum atomic E-state index is 5.69. The second kappa shape index (κ2) is 4.91. The summed E-state index contributed by atoms with van der Waals surface area (Å²) in [5.41, 5.74) is 8.49. The van der Waals surface area contributed by atoms with Gasteiger partial charge >= 0.3 is 0 Å². The van der Waals surface area contributed by atoms with E-state index in [1.165, 1.54) is 0 Å². The molecule has 1 aromatic carbocycles. The lowest BCUT2D eigenvalue weighted by molar-refractivity contribution is 0.292. The summed E-state index contributed by atoms with van der Waals surface area (Å²) < 4.78 is 7.63. The molecule has 4 heteroatoms. The first kappa shape index (κ1) is 11.5. The molecule has 0 saturated carbocycles. The maximum Gasteiger partial charge on any atom is 0.130 e. The largest absolute Gasteiger partial charge is 0.487 e. The normalized spacial score (nSPS) is 10.5. The standard InChI is InChI=1S/C13H17N3O/c1-3-16-12(7-10(2)15-16)9-17-13-6-4-5-11(14)8-13/h4-8H,3,9,14H2,1-2H3. The van der Waals surface area contributed by atoms with Crippen LogP contribution in [0.25, 0.3) is 0 Å². The average Bonchev–Trinajstić information content (AvgIpc) is 2.67. The van der Waals surface area contributed by atoms with Crippen LogP contribution >= 0.6 is 0 Å². The topological polar surface area (TPSA) is 53.1 Å². The molecule has 1 aromatic heterocycles. The van der Waals surface area contributed by atoms with Crippen molar-refractivity contribution >= 4 is 5.69 Å². The van der Waals surface area contributed by atoms with Crippen LogP contribution in [0.1, 0.15) is 18.3 Å². The summed E-state index contributed by atoms with van der Waals surface area (Å²) in [5.74, 6) is 0.784. The van der Waals surface area contributed by atoms with E-state index in [9.17, 15) is 0 Å². The molecule has 0 spiro atoms. The van der Waals surface area contributed by atoms with E-state index in [1.54, 1.807) is 0 Å². The van der Waals surface area contributed by atoms with E-state index in [-0.39, 0.29) is 0 Å². The van der Waals surface area contributed by atoms with Gasteiger partial charge in [-0.3, -0.25) is 4.68 Å². The van der Waals surface area contributed by atoms with Crippen LogP contribution < -0.4 is 10.5 Å². The summed E-state index contributed by atoms with van der Waals surface area (Å²) in [6.45, 7) is 5.41. The van der Waals surface area contributed by atoms with Crippen molar-refractivity contribution in [1.29, 1.82) is 0 Å². The highest BCUT2D eigenvalue weighted by atomic mass is 16.5. The molecule has 0 bridgehead atoms. The van der Waals surface area contributed by atoms with Gasteiger partial charge in [-0.1, -0.05) is 6.07 Å². The molecule has 4 nitrogen and oxygen atoms in total. The molecule has 0 aliphatic rings. The minimum atomic E-state index is 0.512. The molecule has 90 valence electrons. The van der Waals surface area contributed by atoms with Gasteiger partial charge in [0.2, 0.25) is 0 Å². The lowest BCUT2D eigenvalue weighted by Gasteiger charge is -2.08. The Hall–Kier alpha value is -1.97. The Morgan fingerprint density at radius 2 is 2.18 bits per heavy atom. The van der Waals surface area contributed by atoms with Gasteiger partial charge in [0.25, 0.3) is 0 Å². The monoisotopic (exact) mass is 231 g/mol. The van der Waals surface area contributed by atoms with Crippen molar-refractivity contribution in [1.82, 2.24) is 9.78 Å².